The minimum atomic E-state index is 0.248. The van der Waals surface area contributed by atoms with Crippen LogP contribution in [0.5, 0.6) is 0 Å². The van der Waals surface area contributed by atoms with Crippen LogP contribution in [0.4, 0.5) is 11.4 Å². The Bertz CT molecular complexity index is 1210. The van der Waals surface area contributed by atoms with Crippen LogP contribution < -0.4 is 27.2 Å². The highest BCUT2D eigenvalue weighted by molar-refractivity contribution is 9.10. The zero-order valence-corrected chi connectivity index (χ0v) is 17.7. The lowest BCUT2D eigenvalue weighted by molar-refractivity contribution is 1.27. The van der Waals surface area contributed by atoms with Crippen LogP contribution in [0.1, 0.15) is 12.6 Å². The number of hydrogen-bond donors (Lipinski definition) is 3. The van der Waals surface area contributed by atoms with E-state index in [-0.39, 0.29) is 5.96 Å². The largest absolute Gasteiger partial charge is 0.399 e. The van der Waals surface area contributed by atoms with E-state index in [1.54, 1.807) is 18.5 Å². The minimum absolute atomic E-state index is 0.248. The van der Waals surface area contributed by atoms with Gasteiger partial charge in [0.15, 0.2) is 5.96 Å². The van der Waals surface area contributed by atoms with Crippen molar-refractivity contribution >= 4 is 51.6 Å². The Morgan fingerprint density at radius 1 is 1.14 bits per heavy atom. The standard InChI is InChI=1S/C23H22BrN5/c1-14(2)22-11-16(6-7-27-22)17-9-20(25)12-21(10-17)29-23(26)28-13-18-8-19(24)5-4-15(18)3/h4-13H,1,3,25H2,2H3,(H3,26,28,29)/b18-13-. The monoisotopic (exact) mass is 447 g/mol. The second kappa shape index (κ2) is 8.75. The molecule has 0 amide bonds. The van der Waals surface area contributed by atoms with Gasteiger partial charge >= 0.3 is 0 Å². The van der Waals surface area contributed by atoms with E-state index in [4.69, 9.17) is 11.5 Å². The molecular formula is C23H22BrN5. The van der Waals surface area contributed by atoms with Crippen molar-refractivity contribution in [1.29, 1.82) is 0 Å². The summed E-state index contributed by atoms with van der Waals surface area (Å²) in [5, 5.41) is 4.83. The topological polar surface area (TPSA) is 89.3 Å². The molecular weight excluding hydrogens is 426 g/mol. The molecule has 0 atom stereocenters. The van der Waals surface area contributed by atoms with Gasteiger partial charge in [-0.3, -0.25) is 4.98 Å². The Labute approximate surface area is 178 Å². The van der Waals surface area contributed by atoms with Crippen LogP contribution in [-0.2, 0) is 0 Å². The first-order valence-corrected chi connectivity index (χ1v) is 9.69. The molecule has 5 nitrogen and oxygen atoms in total. The number of nitrogens with zero attached hydrogens (tertiary/aromatic N) is 2. The highest BCUT2D eigenvalue weighted by atomic mass is 79.9. The van der Waals surface area contributed by atoms with Gasteiger partial charge in [-0.05, 0) is 71.3 Å². The first-order valence-electron chi connectivity index (χ1n) is 8.90. The van der Waals surface area contributed by atoms with Gasteiger partial charge in [0.25, 0.3) is 0 Å². The molecule has 0 saturated carbocycles. The van der Waals surface area contributed by atoms with Crippen molar-refractivity contribution in [3.8, 4) is 11.1 Å². The quantitative estimate of drug-likeness (QED) is 0.323. The molecule has 0 fully saturated rings. The maximum Gasteiger partial charge on any atom is 0.197 e. The zero-order chi connectivity index (χ0) is 21.0. The number of nitrogens with two attached hydrogens (primary N) is 2. The molecule has 6 heteroatoms. The fourth-order valence-corrected chi connectivity index (χ4v) is 3.12. The van der Waals surface area contributed by atoms with E-state index >= 15 is 0 Å². The highest BCUT2D eigenvalue weighted by Gasteiger charge is 2.05. The summed E-state index contributed by atoms with van der Waals surface area (Å²) in [6.45, 7) is 9.86. The second-order valence-electron chi connectivity index (χ2n) is 6.67. The van der Waals surface area contributed by atoms with Crippen molar-refractivity contribution in [3.63, 3.8) is 0 Å². The maximum absolute atomic E-state index is 6.10. The van der Waals surface area contributed by atoms with Crippen molar-refractivity contribution < 1.29 is 0 Å². The third-order valence-electron chi connectivity index (χ3n) is 4.21. The molecule has 146 valence electrons. The molecule has 29 heavy (non-hydrogen) atoms. The number of benzene rings is 2. The predicted molar refractivity (Wildman–Crippen MR) is 127 cm³/mol. The van der Waals surface area contributed by atoms with Crippen molar-refractivity contribution in [3.05, 3.63) is 81.9 Å². The molecule has 3 aromatic rings. The van der Waals surface area contributed by atoms with E-state index in [1.807, 2.05) is 49.4 Å². The minimum Gasteiger partial charge on any atom is -0.399 e. The Morgan fingerprint density at radius 2 is 1.93 bits per heavy atom. The number of nitrogens with one attached hydrogen (secondary N) is 1. The SMILES string of the molecule is C=C(C)c1cc(-c2cc(N)cc(NC(N)=N/C=c3/cc(Br)ccc3=C)c2)ccn1. The highest BCUT2D eigenvalue weighted by Crippen LogP contribution is 2.27. The zero-order valence-electron chi connectivity index (χ0n) is 16.1. The number of nitrogen functional groups attached to an aromatic ring is 1. The molecule has 0 spiro atoms. The lowest BCUT2D eigenvalue weighted by Gasteiger charge is -2.10. The smallest absolute Gasteiger partial charge is 0.197 e. The number of aliphatic imine (C=N–C) groups is 1. The number of guanidine groups is 1. The third-order valence-corrected chi connectivity index (χ3v) is 4.70. The Morgan fingerprint density at radius 3 is 2.69 bits per heavy atom. The van der Waals surface area contributed by atoms with Crippen molar-refractivity contribution in [2.75, 3.05) is 11.1 Å². The summed E-state index contributed by atoms with van der Waals surface area (Å²) in [7, 11) is 0. The predicted octanol–water partition coefficient (Wildman–Crippen LogP) is 3.70. The van der Waals surface area contributed by atoms with E-state index in [2.05, 4.69) is 44.4 Å². The lowest BCUT2D eigenvalue weighted by Crippen LogP contribution is -2.25. The van der Waals surface area contributed by atoms with E-state index < -0.39 is 0 Å². The van der Waals surface area contributed by atoms with E-state index in [1.165, 1.54) is 0 Å². The molecule has 1 heterocycles. The summed E-state index contributed by atoms with van der Waals surface area (Å²) < 4.78 is 0.949. The number of rotatable bonds is 4. The number of allylic oxidation sites excluding steroid dienone is 1. The fourth-order valence-electron chi connectivity index (χ4n) is 2.74. The fraction of sp³-hybridized carbons (Fsp3) is 0.0435. The molecule has 0 aliphatic rings. The van der Waals surface area contributed by atoms with Crippen LogP contribution in [0.25, 0.3) is 29.5 Å². The Balaban J connectivity index is 1.90. The van der Waals surface area contributed by atoms with Crippen molar-refractivity contribution in [2.24, 2.45) is 10.7 Å². The first kappa shape index (κ1) is 20.4. The van der Waals surface area contributed by atoms with Gasteiger partial charge in [-0.2, -0.15) is 0 Å². The number of hydrogen-bond acceptors (Lipinski definition) is 3. The van der Waals surface area contributed by atoms with Crippen LogP contribution in [0.2, 0.25) is 0 Å². The van der Waals surface area contributed by atoms with Gasteiger partial charge in [0, 0.05) is 33.5 Å². The Hall–Kier alpha value is -3.38. The summed E-state index contributed by atoms with van der Waals surface area (Å²) in [6, 6.07) is 15.3. The van der Waals surface area contributed by atoms with Gasteiger partial charge < -0.3 is 16.8 Å². The molecule has 0 bridgehead atoms. The van der Waals surface area contributed by atoms with Gasteiger partial charge in [0.1, 0.15) is 0 Å². The van der Waals surface area contributed by atoms with E-state index in [0.29, 0.717) is 5.69 Å². The average Bonchev–Trinajstić information content (AvgIpc) is 2.68. The molecule has 0 aliphatic carbocycles. The summed E-state index contributed by atoms with van der Waals surface area (Å²) in [6.07, 6.45) is 3.43. The molecule has 2 aromatic carbocycles. The molecule has 0 aliphatic heterocycles. The van der Waals surface area contributed by atoms with Gasteiger partial charge in [0.05, 0.1) is 5.69 Å². The molecule has 0 radical (unpaired) electrons. The molecule has 1 aromatic heterocycles. The van der Waals surface area contributed by atoms with Crippen LogP contribution in [0.3, 0.4) is 0 Å². The summed E-state index contributed by atoms with van der Waals surface area (Å²) in [5.41, 5.74) is 17.2. The molecule has 5 N–H and O–H groups in total. The molecule has 0 unspecified atom stereocenters. The Kier molecular flexibility index (Phi) is 6.14. The van der Waals surface area contributed by atoms with Crippen molar-refractivity contribution in [1.82, 2.24) is 4.98 Å². The normalized spacial score (nSPS) is 12.1. The van der Waals surface area contributed by atoms with Crippen LogP contribution >= 0.6 is 15.9 Å². The lowest BCUT2D eigenvalue weighted by atomic mass is 10.0. The average molecular weight is 448 g/mol. The van der Waals surface area contributed by atoms with Crippen LogP contribution in [-0.4, -0.2) is 10.9 Å². The summed E-state index contributed by atoms with van der Waals surface area (Å²) in [5.74, 6) is 0.248. The number of aromatic nitrogens is 1. The van der Waals surface area contributed by atoms with Crippen molar-refractivity contribution in [2.45, 2.75) is 6.92 Å². The first-order chi connectivity index (χ1) is 13.8. The second-order valence-corrected chi connectivity index (χ2v) is 7.58. The maximum atomic E-state index is 6.10. The summed E-state index contributed by atoms with van der Waals surface area (Å²) in [4.78, 5) is 8.62. The van der Waals surface area contributed by atoms with Gasteiger partial charge in [-0.25, -0.2) is 4.99 Å². The third kappa shape index (κ3) is 5.33. The molecule has 0 saturated heterocycles. The van der Waals surface area contributed by atoms with Gasteiger partial charge in [0.2, 0.25) is 0 Å². The van der Waals surface area contributed by atoms with Gasteiger partial charge in [-0.1, -0.05) is 35.2 Å². The molecule has 3 rings (SSSR count). The van der Waals surface area contributed by atoms with Crippen LogP contribution in [0, 0.1) is 0 Å². The number of anilines is 2. The number of pyridine rings is 1. The van der Waals surface area contributed by atoms with Gasteiger partial charge in [-0.15, -0.1) is 0 Å². The van der Waals surface area contributed by atoms with E-state index in [0.717, 1.165) is 43.0 Å². The van der Waals surface area contributed by atoms with Crippen LogP contribution in [0.15, 0.2) is 70.8 Å². The summed E-state index contributed by atoms with van der Waals surface area (Å²) >= 11 is 3.44. The van der Waals surface area contributed by atoms with E-state index in [9.17, 15) is 0 Å². The number of halogens is 1.